The number of nitrogens with two attached hydrogens (primary N) is 4. The number of rotatable bonds is 2. The average molecular weight is 423 g/mol. The highest BCUT2D eigenvalue weighted by molar-refractivity contribution is 5.84. The van der Waals surface area contributed by atoms with E-state index >= 15 is 0 Å². The van der Waals surface area contributed by atoms with Crippen LogP contribution in [-0.2, 0) is 12.8 Å². The molecule has 0 atom stereocenters. The Hall–Kier alpha value is -3.80. The van der Waals surface area contributed by atoms with Crippen molar-refractivity contribution < 1.29 is 0 Å². The first kappa shape index (κ1) is 18.9. The van der Waals surface area contributed by atoms with Gasteiger partial charge >= 0.3 is 0 Å². The van der Waals surface area contributed by atoms with Crippen molar-refractivity contribution in [3.05, 3.63) is 81.2 Å². The lowest BCUT2D eigenvalue weighted by atomic mass is 9.60. The minimum absolute atomic E-state index is 0.00734. The van der Waals surface area contributed by atoms with Gasteiger partial charge in [0.1, 0.15) is 0 Å². The molecule has 0 saturated carbocycles. The standard InChI is InChI=1S/C26H26N6/c1-3-21-22(4-2)32-24-10-16-15(9-23(24)31-21)25-11-5-17(27)19(29)7-13(11)26(16)14-8-20(30)18(28)6-12(14)25/h5-10,25-26H,3-4,27-30H2,1-2H3. The summed E-state index contributed by atoms with van der Waals surface area (Å²) in [6.07, 6.45) is 1.74. The quantitative estimate of drug-likeness (QED) is 0.311. The SMILES string of the molecule is CCc1nc2cc3c(cc2nc1CC)C1c2cc(N)c(N)cc2C3c2cc(N)c(N)cc21. The third kappa shape index (κ3) is 2.35. The van der Waals surface area contributed by atoms with Crippen LogP contribution in [0.2, 0.25) is 0 Å². The lowest BCUT2D eigenvalue weighted by Gasteiger charge is -2.42. The normalized spacial score (nSPS) is 17.8. The number of hydrogen-bond acceptors (Lipinski definition) is 6. The molecule has 3 aromatic carbocycles. The molecule has 2 bridgehead atoms. The van der Waals surface area contributed by atoms with Gasteiger partial charge in [-0.1, -0.05) is 13.8 Å². The molecule has 4 aromatic rings. The number of benzene rings is 3. The maximum atomic E-state index is 6.24. The van der Waals surface area contributed by atoms with Crippen LogP contribution >= 0.6 is 0 Å². The van der Waals surface area contributed by atoms with Crippen LogP contribution in [0.1, 0.15) is 70.5 Å². The number of aryl methyl sites for hydroxylation is 2. The van der Waals surface area contributed by atoms with Crippen LogP contribution in [0.5, 0.6) is 0 Å². The molecular formula is C26H26N6. The summed E-state index contributed by atoms with van der Waals surface area (Å²) in [5.41, 5.74) is 38.5. The Morgan fingerprint density at radius 1 is 0.531 bits per heavy atom. The molecule has 1 heterocycles. The number of hydrogen-bond donors (Lipinski definition) is 4. The molecule has 6 heteroatoms. The van der Waals surface area contributed by atoms with E-state index in [4.69, 9.17) is 32.9 Å². The third-order valence-electron chi connectivity index (χ3n) is 7.14. The number of nitrogens with zero attached hydrogens (tertiary/aromatic N) is 2. The third-order valence-corrected chi connectivity index (χ3v) is 7.14. The molecule has 0 spiro atoms. The van der Waals surface area contributed by atoms with E-state index in [0.717, 1.165) is 35.3 Å². The van der Waals surface area contributed by atoms with Crippen LogP contribution in [0, 0.1) is 0 Å². The first-order valence-corrected chi connectivity index (χ1v) is 11.1. The maximum absolute atomic E-state index is 6.24. The summed E-state index contributed by atoms with van der Waals surface area (Å²) in [4.78, 5) is 9.96. The van der Waals surface area contributed by atoms with Gasteiger partial charge in [-0.15, -0.1) is 0 Å². The Labute approximate surface area is 186 Å². The van der Waals surface area contributed by atoms with E-state index in [0.29, 0.717) is 22.7 Å². The van der Waals surface area contributed by atoms with E-state index < -0.39 is 0 Å². The molecule has 8 N–H and O–H groups in total. The number of nitrogen functional groups attached to an aromatic ring is 4. The van der Waals surface area contributed by atoms with Gasteiger partial charge in [0.05, 0.1) is 45.2 Å². The van der Waals surface area contributed by atoms with Crippen LogP contribution in [0.4, 0.5) is 22.7 Å². The van der Waals surface area contributed by atoms with Crippen molar-refractivity contribution in [2.24, 2.45) is 0 Å². The molecule has 0 radical (unpaired) electrons. The first-order chi connectivity index (χ1) is 15.4. The molecule has 0 fully saturated rings. The fourth-order valence-electron chi connectivity index (χ4n) is 5.62. The smallest absolute Gasteiger partial charge is 0.0893 e. The predicted octanol–water partition coefficient (Wildman–Crippen LogP) is 4.07. The zero-order chi connectivity index (χ0) is 22.3. The molecule has 1 aromatic heterocycles. The fraction of sp³-hybridized carbons (Fsp3) is 0.231. The largest absolute Gasteiger partial charge is 0.397 e. The molecule has 3 aliphatic carbocycles. The summed E-state index contributed by atoms with van der Waals surface area (Å²) in [5, 5.41) is 0. The minimum Gasteiger partial charge on any atom is -0.397 e. The van der Waals surface area contributed by atoms with Crippen LogP contribution in [-0.4, -0.2) is 9.97 Å². The van der Waals surface area contributed by atoms with Gasteiger partial charge in [-0.3, -0.25) is 0 Å². The van der Waals surface area contributed by atoms with Crippen LogP contribution in [0.15, 0.2) is 36.4 Å². The van der Waals surface area contributed by atoms with Crippen LogP contribution < -0.4 is 22.9 Å². The second kappa shape index (κ2) is 6.36. The molecule has 0 unspecified atom stereocenters. The van der Waals surface area contributed by atoms with Gasteiger partial charge in [-0.25, -0.2) is 9.97 Å². The maximum Gasteiger partial charge on any atom is 0.0893 e. The molecule has 7 rings (SSSR count). The van der Waals surface area contributed by atoms with Crippen molar-refractivity contribution >= 4 is 33.8 Å². The second-order valence-electron chi connectivity index (χ2n) is 8.88. The second-order valence-corrected chi connectivity index (χ2v) is 8.88. The van der Waals surface area contributed by atoms with Crippen molar-refractivity contribution in [2.45, 2.75) is 38.5 Å². The fourth-order valence-corrected chi connectivity index (χ4v) is 5.62. The molecule has 3 aliphatic rings. The van der Waals surface area contributed by atoms with Crippen LogP contribution in [0.3, 0.4) is 0 Å². The van der Waals surface area contributed by atoms with Gasteiger partial charge in [0.15, 0.2) is 0 Å². The highest BCUT2D eigenvalue weighted by Gasteiger charge is 2.42. The van der Waals surface area contributed by atoms with E-state index in [1.54, 1.807) is 0 Å². The Morgan fingerprint density at radius 2 is 0.812 bits per heavy atom. The summed E-state index contributed by atoms with van der Waals surface area (Å²) >= 11 is 0. The van der Waals surface area contributed by atoms with Gasteiger partial charge in [0.2, 0.25) is 0 Å². The predicted molar refractivity (Wildman–Crippen MR) is 131 cm³/mol. The zero-order valence-electron chi connectivity index (χ0n) is 18.2. The topological polar surface area (TPSA) is 130 Å². The van der Waals surface area contributed by atoms with Crippen molar-refractivity contribution in [3.8, 4) is 0 Å². The summed E-state index contributed by atoms with van der Waals surface area (Å²) in [6, 6.07) is 12.5. The van der Waals surface area contributed by atoms with Crippen molar-refractivity contribution in [1.82, 2.24) is 9.97 Å². The Balaban J connectivity index is 1.70. The number of anilines is 4. The van der Waals surface area contributed by atoms with Crippen molar-refractivity contribution in [2.75, 3.05) is 22.9 Å². The van der Waals surface area contributed by atoms with E-state index in [1.807, 2.05) is 24.3 Å². The van der Waals surface area contributed by atoms with Gasteiger partial charge in [-0.05, 0) is 82.6 Å². The molecule has 160 valence electrons. The van der Waals surface area contributed by atoms with E-state index in [9.17, 15) is 0 Å². The summed E-state index contributed by atoms with van der Waals surface area (Å²) in [5.74, 6) is 0.0147. The lowest BCUT2D eigenvalue weighted by molar-refractivity contribution is 0.757. The van der Waals surface area contributed by atoms with Gasteiger partial charge in [-0.2, -0.15) is 0 Å². The molecule has 0 amide bonds. The first-order valence-electron chi connectivity index (χ1n) is 11.1. The Morgan fingerprint density at radius 3 is 1.09 bits per heavy atom. The summed E-state index contributed by atoms with van der Waals surface area (Å²) in [6.45, 7) is 4.25. The van der Waals surface area contributed by atoms with E-state index in [-0.39, 0.29) is 11.8 Å². The summed E-state index contributed by atoms with van der Waals surface area (Å²) < 4.78 is 0. The lowest BCUT2D eigenvalue weighted by Crippen LogP contribution is -2.28. The Kier molecular flexibility index (Phi) is 3.76. The average Bonchev–Trinajstić information content (AvgIpc) is 2.78. The van der Waals surface area contributed by atoms with Crippen LogP contribution in [0.25, 0.3) is 11.0 Å². The zero-order valence-corrected chi connectivity index (χ0v) is 18.2. The van der Waals surface area contributed by atoms with E-state index in [1.165, 1.54) is 33.4 Å². The molecule has 6 nitrogen and oxygen atoms in total. The molecule has 0 aliphatic heterocycles. The molecule has 32 heavy (non-hydrogen) atoms. The van der Waals surface area contributed by atoms with Gasteiger partial charge in [0, 0.05) is 11.8 Å². The highest BCUT2D eigenvalue weighted by atomic mass is 14.8. The van der Waals surface area contributed by atoms with Crippen molar-refractivity contribution in [1.29, 1.82) is 0 Å². The highest BCUT2D eigenvalue weighted by Crippen LogP contribution is 2.57. The van der Waals surface area contributed by atoms with Gasteiger partial charge < -0.3 is 22.9 Å². The van der Waals surface area contributed by atoms with E-state index in [2.05, 4.69) is 26.0 Å². The number of fused-ring (bicyclic) bond motifs is 1. The molecule has 0 saturated heterocycles. The van der Waals surface area contributed by atoms with Gasteiger partial charge in [0.25, 0.3) is 0 Å². The monoisotopic (exact) mass is 422 g/mol. The summed E-state index contributed by atoms with van der Waals surface area (Å²) in [7, 11) is 0. The minimum atomic E-state index is 0.00734. The Bertz CT molecular complexity index is 1290. The van der Waals surface area contributed by atoms with Crippen molar-refractivity contribution in [3.63, 3.8) is 0 Å². The molecular weight excluding hydrogens is 396 g/mol. The number of aromatic nitrogens is 2.